The van der Waals surface area contributed by atoms with Gasteiger partial charge in [-0.3, -0.25) is 9.59 Å². The highest BCUT2D eigenvalue weighted by molar-refractivity contribution is 7.94. The first-order valence-electron chi connectivity index (χ1n) is 7.84. The molecule has 0 saturated carbocycles. The minimum atomic E-state index is -3.59. The molecule has 2 amide bonds. The van der Waals surface area contributed by atoms with Crippen LogP contribution in [0.15, 0.2) is 54.6 Å². The van der Waals surface area contributed by atoms with Crippen molar-refractivity contribution < 1.29 is 18.0 Å². The van der Waals surface area contributed by atoms with Crippen LogP contribution in [0.4, 0.5) is 5.69 Å². The summed E-state index contributed by atoms with van der Waals surface area (Å²) in [5, 5.41) is 0. The maximum absolute atomic E-state index is 12.5. The van der Waals surface area contributed by atoms with E-state index in [2.05, 4.69) is 0 Å². The standard InChI is InChI=1S/C18H18N2O4S/c1-19(13-14-5-3-2-4-6-14)18(22)15-7-9-16(10-8-15)20-17(21)11-12-25(20,23)24/h2-10H,11-13H2,1H3. The van der Waals surface area contributed by atoms with Crippen molar-refractivity contribution >= 4 is 27.5 Å². The van der Waals surface area contributed by atoms with Gasteiger partial charge in [-0.05, 0) is 29.8 Å². The molecule has 0 bridgehead atoms. The Morgan fingerprint density at radius 1 is 1.08 bits per heavy atom. The summed E-state index contributed by atoms with van der Waals surface area (Å²) >= 11 is 0. The number of rotatable bonds is 4. The summed E-state index contributed by atoms with van der Waals surface area (Å²) in [5.74, 6) is -0.793. The fourth-order valence-electron chi connectivity index (χ4n) is 2.76. The van der Waals surface area contributed by atoms with Gasteiger partial charge in [0.05, 0.1) is 11.4 Å². The highest BCUT2D eigenvalue weighted by Crippen LogP contribution is 2.25. The van der Waals surface area contributed by atoms with E-state index in [9.17, 15) is 18.0 Å². The summed E-state index contributed by atoms with van der Waals surface area (Å²) in [6.45, 7) is 0.473. The van der Waals surface area contributed by atoms with Crippen LogP contribution < -0.4 is 4.31 Å². The second kappa shape index (κ2) is 6.68. The second-order valence-electron chi connectivity index (χ2n) is 5.92. The molecule has 130 valence electrons. The Balaban J connectivity index is 1.76. The molecule has 0 unspecified atom stereocenters. The summed E-state index contributed by atoms with van der Waals surface area (Å²) in [5.41, 5.74) is 1.72. The third kappa shape index (κ3) is 3.56. The zero-order valence-electron chi connectivity index (χ0n) is 13.8. The molecule has 0 spiro atoms. The highest BCUT2D eigenvalue weighted by atomic mass is 32.2. The van der Waals surface area contributed by atoms with E-state index in [0.29, 0.717) is 12.1 Å². The van der Waals surface area contributed by atoms with Crippen LogP contribution in [0.2, 0.25) is 0 Å². The smallest absolute Gasteiger partial charge is 0.253 e. The zero-order chi connectivity index (χ0) is 18.0. The van der Waals surface area contributed by atoms with Gasteiger partial charge in [-0.15, -0.1) is 0 Å². The van der Waals surface area contributed by atoms with Crippen LogP contribution in [0.1, 0.15) is 22.3 Å². The molecule has 1 aliphatic heterocycles. The van der Waals surface area contributed by atoms with E-state index in [1.54, 1.807) is 24.1 Å². The number of amides is 2. The Hall–Kier alpha value is -2.67. The Bertz CT molecular complexity index is 892. The molecular formula is C18H18N2O4S. The van der Waals surface area contributed by atoms with Crippen molar-refractivity contribution in [3.05, 3.63) is 65.7 Å². The van der Waals surface area contributed by atoms with Crippen LogP contribution in [0.5, 0.6) is 0 Å². The molecule has 2 aromatic rings. The van der Waals surface area contributed by atoms with Gasteiger partial charge in [0.2, 0.25) is 15.9 Å². The summed E-state index contributed by atoms with van der Waals surface area (Å²) < 4.78 is 24.7. The second-order valence-corrected chi connectivity index (χ2v) is 7.86. The largest absolute Gasteiger partial charge is 0.337 e. The van der Waals surface area contributed by atoms with Crippen LogP contribution in [0.25, 0.3) is 0 Å². The van der Waals surface area contributed by atoms with Gasteiger partial charge in [0, 0.05) is 25.6 Å². The van der Waals surface area contributed by atoms with Crippen LogP contribution in [-0.4, -0.2) is 37.9 Å². The minimum absolute atomic E-state index is 0.0111. The summed E-state index contributed by atoms with van der Waals surface area (Å²) in [6, 6.07) is 15.7. The van der Waals surface area contributed by atoms with E-state index in [-0.39, 0.29) is 23.8 Å². The van der Waals surface area contributed by atoms with Gasteiger partial charge in [-0.2, -0.15) is 0 Å². The number of anilines is 1. The molecule has 6 nitrogen and oxygen atoms in total. The fraction of sp³-hybridized carbons (Fsp3) is 0.222. The molecular weight excluding hydrogens is 340 g/mol. The van der Waals surface area contributed by atoms with E-state index < -0.39 is 15.9 Å². The van der Waals surface area contributed by atoms with Crippen molar-refractivity contribution in [2.24, 2.45) is 0 Å². The Morgan fingerprint density at radius 3 is 2.28 bits per heavy atom. The number of carbonyl (C=O) groups is 2. The highest BCUT2D eigenvalue weighted by Gasteiger charge is 2.36. The third-order valence-corrected chi connectivity index (χ3v) is 5.73. The van der Waals surface area contributed by atoms with Crippen molar-refractivity contribution in [3.63, 3.8) is 0 Å². The monoisotopic (exact) mass is 358 g/mol. The van der Waals surface area contributed by atoms with Crippen LogP contribution >= 0.6 is 0 Å². The molecule has 25 heavy (non-hydrogen) atoms. The predicted molar refractivity (Wildman–Crippen MR) is 94.6 cm³/mol. The van der Waals surface area contributed by atoms with Crippen LogP contribution in [0.3, 0.4) is 0 Å². The van der Waals surface area contributed by atoms with Gasteiger partial charge in [-0.1, -0.05) is 30.3 Å². The molecule has 1 heterocycles. The summed E-state index contributed by atoms with van der Waals surface area (Å²) in [6.07, 6.45) is -0.0111. The Labute approximate surface area is 146 Å². The van der Waals surface area contributed by atoms with E-state index >= 15 is 0 Å². The summed E-state index contributed by atoms with van der Waals surface area (Å²) in [7, 11) is -1.88. The molecule has 1 aliphatic rings. The van der Waals surface area contributed by atoms with Crippen molar-refractivity contribution in [2.45, 2.75) is 13.0 Å². The SMILES string of the molecule is CN(Cc1ccccc1)C(=O)c1ccc(N2C(=O)CCS2(=O)=O)cc1. The molecule has 0 N–H and O–H groups in total. The lowest BCUT2D eigenvalue weighted by Crippen LogP contribution is -2.29. The van der Waals surface area contributed by atoms with Gasteiger partial charge in [0.1, 0.15) is 0 Å². The van der Waals surface area contributed by atoms with Crippen molar-refractivity contribution in [2.75, 3.05) is 17.1 Å². The molecule has 0 radical (unpaired) electrons. The Kier molecular flexibility index (Phi) is 4.59. The number of hydrogen-bond donors (Lipinski definition) is 0. The van der Waals surface area contributed by atoms with Crippen molar-refractivity contribution in [1.29, 1.82) is 0 Å². The lowest BCUT2D eigenvalue weighted by Gasteiger charge is -2.19. The molecule has 3 rings (SSSR count). The lowest BCUT2D eigenvalue weighted by molar-refractivity contribution is -0.116. The van der Waals surface area contributed by atoms with Crippen molar-refractivity contribution in [3.8, 4) is 0 Å². The first kappa shape index (κ1) is 17.2. The normalized spacial score (nSPS) is 16.0. The first-order chi connectivity index (χ1) is 11.9. The van der Waals surface area contributed by atoms with E-state index in [1.165, 1.54) is 12.1 Å². The van der Waals surface area contributed by atoms with Gasteiger partial charge in [-0.25, -0.2) is 12.7 Å². The van der Waals surface area contributed by atoms with E-state index in [0.717, 1.165) is 9.87 Å². The number of sulfonamides is 1. The predicted octanol–water partition coefficient (Wildman–Crippen LogP) is 2.03. The van der Waals surface area contributed by atoms with E-state index in [4.69, 9.17) is 0 Å². The fourth-order valence-corrected chi connectivity index (χ4v) is 4.22. The van der Waals surface area contributed by atoms with Gasteiger partial charge in [0.15, 0.2) is 0 Å². The Morgan fingerprint density at radius 2 is 1.72 bits per heavy atom. The number of hydrogen-bond acceptors (Lipinski definition) is 4. The van der Waals surface area contributed by atoms with Crippen molar-refractivity contribution in [1.82, 2.24) is 4.90 Å². The maximum atomic E-state index is 12.5. The number of carbonyl (C=O) groups excluding carboxylic acids is 2. The topological polar surface area (TPSA) is 74.8 Å². The number of benzene rings is 2. The van der Waals surface area contributed by atoms with Crippen LogP contribution in [0, 0.1) is 0 Å². The number of nitrogens with zero attached hydrogens (tertiary/aromatic N) is 2. The molecule has 0 aromatic heterocycles. The summed E-state index contributed by atoms with van der Waals surface area (Å²) in [4.78, 5) is 25.9. The first-order valence-corrected chi connectivity index (χ1v) is 9.45. The molecule has 7 heteroatoms. The molecule has 0 atom stereocenters. The van der Waals surface area contributed by atoms with Gasteiger partial charge < -0.3 is 4.90 Å². The molecule has 0 aliphatic carbocycles. The minimum Gasteiger partial charge on any atom is -0.337 e. The average molecular weight is 358 g/mol. The molecule has 1 fully saturated rings. The lowest BCUT2D eigenvalue weighted by atomic mass is 10.1. The van der Waals surface area contributed by atoms with Crippen LogP contribution in [-0.2, 0) is 21.4 Å². The quantitative estimate of drug-likeness (QED) is 0.838. The van der Waals surface area contributed by atoms with Gasteiger partial charge >= 0.3 is 0 Å². The third-order valence-electron chi connectivity index (χ3n) is 4.04. The van der Waals surface area contributed by atoms with Gasteiger partial charge in [0.25, 0.3) is 5.91 Å². The zero-order valence-corrected chi connectivity index (χ0v) is 14.6. The molecule has 2 aromatic carbocycles. The maximum Gasteiger partial charge on any atom is 0.253 e. The average Bonchev–Trinajstić information content (AvgIpc) is 2.88. The molecule has 1 saturated heterocycles. The van der Waals surface area contributed by atoms with E-state index in [1.807, 2.05) is 30.3 Å².